The number of esters is 2. The van der Waals surface area contributed by atoms with Gasteiger partial charge in [-0.3, -0.25) is 14.6 Å². The number of rotatable bonds is 5. The zero-order valence-corrected chi connectivity index (χ0v) is 32.5. The number of fused-ring (bicyclic) bond motifs is 6. The second-order valence-electron chi connectivity index (χ2n) is 16.5. The van der Waals surface area contributed by atoms with Gasteiger partial charge in [0.05, 0.1) is 27.4 Å². The number of carbonyl (C=O) groups excluding carboxylic acids is 2. The number of para-hydroxylation sites is 1. The number of aromatic amines is 1. The van der Waals surface area contributed by atoms with Gasteiger partial charge in [0, 0.05) is 95.0 Å². The fraction of sp³-hybridized carbons (Fsp3) is 0.524. The third kappa shape index (κ3) is 4.17. The fourth-order valence-electron chi connectivity index (χ4n) is 12.4. The standard InChI is InChI=1S/C42H49ClN4O7/c1-7-39-13-10-15-47-16-14-40(34(39)47)27-17-28(31(52-4)18-30(27)45(3)35(40)42(51,36(39)48)38(50)54-6)41(37(49)53-5)19-24-21-46(20-23(2)32(24)43)22-26-25-11-8-9-12-29(25)44-33(26)41/h8-13,17-18,24,34-36,44,48,51H,7,14-16,19-22H2,1-6H3/t24?,34-,35-,36-,39-,40-,41+,42+/m1/s1. The predicted molar refractivity (Wildman–Crippen MR) is 205 cm³/mol. The number of halogens is 1. The van der Waals surface area contributed by atoms with E-state index in [1.54, 1.807) is 7.11 Å². The number of nitrogens with one attached hydrogen (secondary N) is 1. The van der Waals surface area contributed by atoms with E-state index in [9.17, 15) is 15.0 Å². The number of aliphatic hydroxyl groups excluding tert-OH is 1. The van der Waals surface area contributed by atoms with Crippen LogP contribution in [0.4, 0.5) is 5.69 Å². The van der Waals surface area contributed by atoms with Crippen molar-refractivity contribution in [2.45, 2.75) is 74.3 Å². The number of aromatic nitrogens is 1. The Kier molecular flexibility index (Phi) is 8.00. The summed E-state index contributed by atoms with van der Waals surface area (Å²) in [6.45, 7) is 7.45. The van der Waals surface area contributed by atoms with Gasteiger partial charge < -0.3 is 34.3 Å². The van der Waals surface area contributed by atoms with E-state index in [-0.39, 0.29) is 12.0 Å². The highest BCUT2D eigenvalue weighted by molar-refractivity contribution is 6.30. The lowest BCUT2D eigenvalue weighted by molar-refractivity contribution is -0.218. The Bertz CT molecular complexity index is 2170. The molecule has 9 rings (SSSR count). The minimum absolute atomic E-state index is 0.182. The van der Waals surface area contributed by atoms with Gasteiger partial charge >= 0.3 is 11.9 Å². The summed E-state index contributed by atoms with van der Waals surface area (Å²) in [5.74, 6) is -1.02. The van der Waals surface area contributed by atoms with Crippen LogP contribution in [-0.2, 0) is 36.4 Å². The number of carbonyl (C=O) groups is 2. The summed E-state index contributed by atoms with van der Waals surface area (Å²) in [6.07, 6.45) is 4.02. The molecule has 1 aromatic heterocycles. The highest BCUT2D eigenvalue weighted by Crippen LogP contribution is 2.67. The summed E-state index contributed by atoms with van der Waals surface area (Å²) in [5, 5.41) is 27.0. The first kappa shape index (κ1) is 35.8. The fourth-order valence-corrected chi connectivity index (χ4v) is 12.6. The molecule has 0 radical (unpaired) electrons. The molecule has 1 aliphatic carbocycles. The van der Waals surface area contributed by atoms with E-state index >= 15 is 4.79 Å². The van der Waals surface area contributed by atoms with Crippen molar-refractivity contribution in [2.24, 2.45) is 11.3 Å². The van der Waals surface area contributed by atoms with Crippen LogP contribution >= 0.6 is 11.6 Å². The van der Waals surface area contributed by atoms with Crippen LogP contribution < -0.4 is 9.64 Å². The molecule has 2 bridgehead atoms. The van der Waals surface area contributed by atoms with Crippen LogP contribution in [0.15, 0.2) is 59.2 Å². The monoisotopic (exact) mass is 756 g/mol. The lowest BCUT2D eigenvalue weighted by atomic mass is 9.47. The van der Waals surface area contributed by atoms with Gasteiger partial charge in [-0.2, -0.15) is 0 Å². The topological polar surface area (TPSA) is 128 Å². The van der Waals surface area contributed by atoms with Crippen LogP contribution in [0.5, 0.6) is 5.75 Å². The minimum atomic E-state index is -2.29. The van der Waals surface area contributed by atoms with E-state index < -0.39 is 45.9 Å². The van der Waals surface area contributed by atoms with Crippen molar-refractivity contribution in [2.75, 3.05) is 59.5 Å². The van der Waals surface area contributed by atoms with E-state index in [4.69, 9.17) is 25.8 Å². The molecule has 6 aliphatic rings. The molecule has 12 heteroatoms. The first-order valence-electron chi connectivity index (χ1n) is 19.0. The van der Waals surface area contributed by atoms with Crippen molar-refractivity contribution in [3.8, 4) is 5.75 Å². The molecule has 11 nitrogen and oxygen atoms in total. The Labute approximate surface area is 320 Å². The highest BCUT2D eigenvalue weighted by atomic mass is 35.5. The zero-order chi connectivity index (χ0) is 38.1. The molecule has 3 aromatic rings. The van der Waals surface area contributed by atoms with Crippen molar-refractivity contribution >= 4 is 40.1 Å². The van der Waals surface area contributed by atoms with E-state index in [1.165, 1.54) is 14.2 Å². The molecule has 9 atom stereocenters. The molecule has 1 saturated heterocycles. The van der Waals surface area contributed by atoms with E-state index in [1.807, 2.05) is 55.3 Å². The van der Waals surface area contributed by atoms with Gasteiger partial charge in [0.2, 0.25) is 5.60 Å². The Morgan fingerprint density at radius 1 is 1.06 bits per heavy atom. The molecule has 5 aliphatic heterocycles. The van der Waals surface area contributed by atoms with Gasteiger partial charge in [0.1, 0.15) is 17.3 Å². The number of H-pyrrole nitrogens is 1. The number of benzene rings is 2. The second-order valence-corrected chi connectivity index (χ2v) is 16.9. The van der Waals surface area contributed by atoms with Gasteiger partial charge in [-0.25, -0.2) is 4.79 Å². The SMILES string of the molecule is CC[C@]12C=CCN3CC[C@@]4(c5cc([C@@]6(C(=O)OC)CC7CN(CC(C)=C7Cl)Cc7c6[nH]c6ccccc76)c(OC)cc5N(C)[C@H]4[C@@](O)(C(=O)OC)[C@@H]1O)[C@H]32. The largest absolute Gasteiger partial charge is 0.496 e. The molecule has 1 spiro atoms. The number of nitrogens with zero attached hydrogens (tertiary/aromatic N) is 3. The van der Waals surface area contributed by atoms with Crippen molar-refractivity contribution in [1.29, 1.82) is 0 Å². The summed E-state index contributed by atoms with van der Waals surface area (Å²) >= 11 is 7.20. The van der Waals surface area contributed by atoms with Crippen LogP contribution in [0.3, 0.4) is 0 Å². The quantitative estimate of drug-likeness (QED) is 0.256. The summed E-state index contributed by atoms with van der Waals surface area (Å²) < 4.78 is 17.5. The van der Waals surface area contributed by atoms with Crippen LogP contribution in [0.1, 0.15) is 55.5 Å². The Hall–Kier alpha value is -3.87. The van der Waals surface area contributed by atoms with Crippen LogP contribution in [0, 0.1) is 11.3 Å². The molecule has 0 amide bonds. The average Bonchev–Trinajstić information content (AvgIpc) is 3.83. The van der Waals surface area contributed by atoms with E-state index in [2.05, 4.69) is 33.8 Å². The smallest absolute Gasteiger partial charge is 0.342 e. The zero-order valence-electron chi connectivity index (χ0n) is 31.7. The van der Waals surface area contributed by atoms with Gasteiger partial charge in [-0.05, 0) is 61.6 Å². The summed E-state index contributed by atoms with van der Waals surface area (Å²) in [5.41, 5.74) is 0.541. The maximum absolute atomic E-state index is 15.1. The maximum atomic E-state index is 15.1. The first-order chi connectivity index (χ1) is 25.9. The Balaban J connectivity index is 1.38. The number of anilines is 1. The number of hydrogen-bond donors (Lipinski definition) is 3. The molecule has 286 valence electrons. The summed E-state index contributed by atoms with van der Waals surface area (Å²) in [4.78, 5) is 39.5. The van der Waals surface area contributed by atoms with Gasteiger partial charge in [-0.15, -0.1) is 0 Å². The number of aliphatic hydroxyl groups is 2. The number of likely N-dealkylation sites (N-methyl/N-ethyl adjacent to an activating group) is 1. The average molecular weight is 757 g/mol. The molecule has 6 heterocycles. The van der Waals surface area contributed by atoms with Gasteiger partial charge in [0.25, 0.3) is 0 Å². The van der Waals surface area contributed by atoms with E-state index in [0.717, 1.165) is 50.6 Å². The van der Waals surface area contributed by atoms with Crippen molar-refractivity contribution in [3.05, 3.63) is 81.5 Å². The third-order valence-electron chi connectivity index (χ3n) is 14.4. The first-order valence-corrected chi connectivity index (χ1v) is 19.4. The van der Waals surface area contributed by atoms with Crippen molar-refractivity contribution < 1.29 is 34.0 Å². The molecule has 1 saturated carbocycles. The van der Waals surface area contributed by atoms with Gasteiger partial charge in [-0.1, -0.05) is 48.9 Å². The number of hydrogen-bond acceptors (Lipinski definition) is 10. The molecule has 3 N–H and O–H groups in total. The van der Waals surface area contributed by atoms with Crippen LogP contribution in [0.2, 0.25) is 0 Å². The predicted octanol–water partition coefficient (Wildman–Crippen LogP) is 4.36. The molecule has 2 aromatic carbocycles. The van der Waals surface area contributed by atoms with Crippen LogP contribution in [-0.4, -0.2) is 115 Å². The number of methoxy groups -OCH3 is 3. The Morgan fingerprint density at radius 3 is 2.54 bits per heavy atom. The lowest BCUT2D eigenvalue weighted by Gasteiger charge is -2.63. The molecule has 54 heavy (non-hydrogen) atoms. The molecule has 2 fully saturated rings. The Morgan fingerprint density at radius 2 is 1.81 bits per heavy atom. The maximum Gasteiger partial charge on any atom is 0.342 e. The highest BCUT2D eigenvalue weighted by Gasteiger charge is 2.79. The molecular weight excluding hydrogens is 708 g/mol. The second kappa shape index (κ2) is 12.1. The normalized spacial score (nSPS) is 36.5. The third-order valence-corrected chi connectivity index (χ3v) is 15.0. The van der Waals surface area contributed by atoms with Crippen molar-refractivity contribution in [1.82, 2.24) is 14.8 Å². The molecule has 2 unspecified atom stereocenters. The van der Waals surface area contributed by atoms with E-state index in [0.29, 0.717) is 56.8 Å². The lowest BCUT2D eigenvalue weighted by Crippen LogP contribution is -2.80. The van der Waals surface area contributed by atoms with Crippen LogP contribution in [0.25, 0.3) is 10.9 Å². The van der Waals surface area contributed by atoms with Crippen molar-refractivity contribution in [3.63, 3.8) is 0 Å². The number of ether oxygens (including phenoxy) is 3. The van der Waals surface area contributed by atoms with Gasteiger partial charge in [0.15, 0.2) is 0 Å². The minimum Gasteiger partial charge on any atom is -0.496 e. The summed E-state index contributed by atoms with van der Waals surface area (Å²) in [7, 11) is 6.15. The molecular formula is C42H49ClN4O7. The summed E-state index contributed by atoms with van der Waals surface area (Å²) in [6, 6.07) is 11.0.